The van der Waals surface area contributed by atoms with Gasteiger partial charge in [0.25, 0.3) is 11.8 Å². The Labute approximate surface area is 149 Å². The summed E-state index contributed by atoms with van der Waals surface area (Å²) < 4.78 is 18.2. The molecule has 2 aromatic rings. The molecule has 2 amide bonds. The van der Waals surface area contributed by atoms with E-state index in [1.807, 2.05) is 0 Å². The summed E-state index contributed by atoms with van der Waals surface area (Å²) in [6, 6.07) is 5.35. The van der Waals surface area contributed by atoms with Crippen LogP contribution in [-0.2, 0) is 11.2 Å². The number of hydrogen-bond acceptors (Lipinski definition) is 4. The quantitative estimate of drug-likeness (QED) is 0.622. The van der Waals surface area contributed by atoms with Crippen LogP contribution >= 0.6 is 0 Å². The minimum atomic E-state index is -1.09. The summed E-state index contributed by atoms with van der Waals surface area (Å²) in [6.45, 7) is 2.23. The van der Waals surface area contributed by atoms with Crippen molar-refractivity contribution < 1.29 is 28.3 Å². The minimum Gasteiger partial charge on any atom is -0.481 e. The second kappa shape index (κ2) is 8.80. The van der Waals surface area contributed by atoms with Gasteiger partial charge >= 0.3 is 5.97 Å². The van der Waals surface area contributed by atoms with Crippen LogP contribution in [0, 0.1) is 12.7 Å². The van der Waals surface area contributed by atoms with Crippen LogP contribution in [0.1, 0.15) is 38.5 Å². The molecule has 8 heteroatoms. The Hall–Kier alpha value is -3.16. The van der Waals surface area contributed by atoms with Crippen LogP contribution in [0.2, 0.25) is 0 Å². The standard InChI is InChI=1S/C18H19FN2O5/c1-11-10-26-14(9-15(22)23)16(11)18(25)21-7-3-6-20-17(24)12-4-2-5-13(19)8-12/h2,4-5,8,10H,3,6-7,9H2,1H3,(H,20,24)(H,21,25)(H,22,23). The molecule has 0 aliphatic heterocycles. The lowest BCUT2D eigenvalue weighted by Crippen LogP contribution is -2.30. The van der Waals surface area contributed by atoms with Crippen molar-refractivity contribution in [3.05, 3.63) is 58.8 Å². The number of amides is 2. The Kier molecular flexibility index (Phi) is 6.48. The second-order valence-electron chi connectivity index (χ2n) is 5.66. The summed E-state index contributed by atoms with van der Waals surface area (Å²) in [5, 5.41) is 14.1. The number of hydrogen-bond donors (Lipinski definition) is 3. The van der Waals surface area contributed by atoms with Crippen molar-refractivity contribution in [1.29, 1.82) is 0 Å². The van der Waals surface area contributed by atoms with Gasteiger partial charge in [0.05, 0.1) is 11.8 Å². The lowest BCUT2D eigenvalue weighted by molar-refractivity contribution is -0.136. The molecule has 0 aliphatic rings. The zero-order valence-electron chi connectivity index (χ0n) is 14.2. The van der Waals surface area contributed by atoms with Crippen molar-refractivity contribution in [3.8, 4) is 0 Å². The number of carboxylic acids is 1. The molecule has 7 nitrogen and oxygen atoms in total. The van der Waals surface area contributed by atoms with E-state index in [1.54, 1.807) is 6.92 Å². The molecule has 0 saturated heterocycles. The summed E-state index contributed by atoms with van der Waals surface area (Å²) in [4.78, 5) is 34.8. The Morgan fingerprint density at radius 1 is 1.15 bits per heavy atom. The molecule has 0 fully saturated rings. The smallest absolute Gasteiger partial charge is 0.311 e. The SMILES string of the molecule is Cc1coc(CC(=O)O)c1C(=O)NCCCNC(=O)c1cccc(F)c1. The van der Waals surface area contributed by atoms with Gasteiger partial charge in [-0.3, -0.25) is 14.4 Å². The lowest BCUT2D eigenvalue weighted by atomic mass is 10.1. The van der Waals surface area contributed by atoms with E-state index in [2.05, 4.69) is 10.6 Å². The van der Waals surface area contributed by atoms with Gasteiger partial charge < -0.3 is 20.2 Å². The van der Waals surface area contributed by atoms with Gasteiger partial charge in [-0.25, -0.2) is 4.39 Å². The Bertz CT molecular complexity index is 816. The van der Waals surface area contributed by atoms with Gasteiger partial charge in [-0.2, -0.15) is 0 Å². The molecule has 1 aromatic carbocycles. The number of rotatable bonds is 8. The second-order valence-corrected chi connectivity index (χ2v) is 5.66. The van der Waals surface area contributed by atoms with Crippen molar-refractivity contribution in [2.45, 2.75) is 19.8 Å². The molecule has 26 heavy (non-hydrogen) atoms. The number of carbonyl (C=O) groups is 3. The molecule has 0 atom stereocenters. The normalized spacial score (nSPS) is 10.4. The fraction of sp³-hybridized carbons (Fsp3) is 0.278. The first-order valence-corrected chi connectivity index (χ1v) is 7.99. The van der Waals surface area contributed by atoms with E-state index in [9.17, 15) is 18.8 Å². The Balaban J connectivity index is 1.78. The van der Waals surface area contributed by atoms with Gasteiger partial charge in [-0.05, 0) is 31.5 Å². The molecule has 0 bridgehead atoms. The van der Waals surface area contributed by atoms with E-state index < -0.39 is 23.6 Å². The number of carboxylic acid groups (broad SMARTS) is 1. The summed E-state index contributed by atoms with van der Waals surface area (Å²) >= 11 is 0. The molecule has 138 valence electrons. The van der Waals surface area contributed by atoms with Crippen molar-refractivity contribution >= 4 is 17.8 Å². The first-order valence-electron chi connectivity index (χ1n) is 7.99. The fourth-order valence-corrected chi connectivity index (χ4v) is 2.38. The largest absolute Gasteiger partial charge is 0.481 e. The Morgan fingerprint density at radius 3 is 2.50 bits per heavy atom. The molecule has 0 unspecified atom stereocenters. The van der Waals surface area contributed by atoms with Crippen molar-refractivity contribution in [2.24, 2.45) is 0 Å². The van der Waals surface area contributed by atoms with Crippen LogP contribution in [0.15, 0.2) is 34.9 Å². The number of aryl methyl sites for hydroxylation is 1. The highest BCUT2D eigenvalue weighted by molar-refractivity contribution is 5.97. The van der Waals surface area contributed by atoms with Crippen LogP contribution in [0.25, 0.3) is 0 Å². The molecular formula is C18H19FN2O5. The van der Waals surface area contributed by atoms with Gasteiger partial charge in [0.2, 0.25) is 0 Å². The third-order valence-electron chi connectivity index (χ3n) is 3.60. The zero-order chi connectivity index (χ0) is 19.1. The number of benzene rings is 1. The summed E-state index contributed by atoms with van der Waals surface area (Å²) in [5.74, 6) is -2.30. The van der Waals surface area contributed by atoms with Crippen LogP contribution in [0.3, 0.4) is 0 Å². The van der Waals surface area contributed by atoms with E-state index in [4.69, 9.17) is 9.52 Å². The zero-order valence-corrected chi connectivity index (χ0v) is 14.2. The van der Waals surface area contributed by atoms with Gasteiger partial charge in [-0.15, -0.1) is 0 Å². The van der Waals surface area contributed by atoms with E-state index in [-0.39, 0.29) is 29.9 Å². The van der Waals surface area contributed by atoms with Crippen LogP contribution in [0.5, 0.6) is 0 Å². The highest BCUT2D eigenvalue weighted by atomic mass is 19.1. The topological polar surface area (TPSA) is 109 Å². The van der Waals surface area contributed by atoms with Gasteiger partial charge in [0, 0.05) is 24.2 Å². The number of furan rings is 1. The van der Waals surface area contributed by atoms with E-state index in [1.165, 1.54) is 24.5 Å². The van der Waals surface area contributed by atoms with Crippen LogP contribution in [-0.4, -0.2) is 36.0 Å². The van der Waals surface area contributed by atoms with Crippen molar-refractivity contribution in [1.82, 2.24) is 10.6 Å². The molecule has 0 aliphatic carbocycles. The molecule has 1 aromatic heterocycles. The molecule has 1 heterocycles. The maximum absolute atomic E-state index is 13.1. The maximum atomic E-state index is 13.1. The summed E-state index contributed by atoms with van der Waals surface area (Å²) in [5.41, 5.74) is 0.996. The maximum Gasteiger partial charge on any atom is 0.311 e. The van der Waals surface area contributed by atoms with Crippen molar-refractivity contribution in [2.75, 3.05) is 13.1 Å². The van der Waals surface area contributed by atoms with E-state index >= 15 is 0 Å². The van der Waals surface area contributed by atoms with Gasteiger partial charge in [0.15, 0.2) is 0 Å². The molecule has 0 saturated carbocycles. The third-order valence-corrected chi connectivity index (χ3v) is 3.60. The lowest BCUT2D eigenvalue weighted by Gasteiger charge is -2.07. The third kappa shape index (κ3) is 5.17. The summed E-state index contributed by atoms with van der Waals surface area (Å²) in [7, 11) is 0. The predicted molar refractivity (Wildman–Crippen MR) is 90.5 cm³/mol. The number of aliphatic carboxylic acids is 1. The first-order chi connectivity index (χ1) is 12.4. The average Bonchev–Trinajstić information content (AvgIpc) is 2.94. The molecule has 2 rings (SSSR count). The highest BCUT2D eigenvalue weighted by Gasteiger charge is 2.20. The van der Waals surface area contributed by atoms with Gasteiger partial charge in [0.1, 0.15) is 18.0 Å². The highest BCUT2D eigenvalue weighted by Crippen LogP contribution is 2.17. The first kappa shape index (κ1) is 19.2. The molecule has 3 N–H and O–H groups in total. The molecule has 0 spiro atoms. The number of carbonyl (C=O) groups excluding carboxylic acids is 2. The van der Waals surface area contributed by atoms with Gasteiger partial charge in [-0.1, -0.05) is 6.07 Å². The molecular weight excluding hydrogens is 343 g/mol. The number of halogens is 1. The van der Waals surface area contributed by atoms with Crippen LogP contribution in [0.4, 0.5) is 4.39 Å². The van der Waals surface area contributed by atoms with E-state index in [0.29, 0.717) is 18.5 Å². The monoisotopic (exact) mass is 362 g/mol. The fourth-order valence-electron chi connectivity index (χ4n) is 2.38. The summed E-state index contributed by atoms with van der Waals surface area (Å²) in [6.07, 6.45) is 1.42. The Morgan fingerprint density at radius 2 is 1.85 bits per heavy atom. The predicted octanol–water partition coefficient (Wildman–Crippen LogP) is 1.90. The van der Waals surface area contributed by atoms with Crippen LogP contribution < -0.4 is 10.6 Å². The average molecular weight is 362 g/mol. The minimum absolute atomic E-state index is 0.104. The molecule has 0 radical (unpaired) electrons. The van der Waals surface area contributed by atoms with E-state index in [0.717, 1.165) is 6.07 Å². The van der Waals surface area contributed by atoms with Crippen molar-refractivity contribution in [3.63, 3.8) is 0 Å². The number of nitrogens with one attached hydrogen (secondary N) is 2.